The van der Waals surface area contributed by atoms with Crippen molar-refractivity contribution in [3.8, 4) is 0 Å². The second-order valence-corrected chi connectivity index (χ2v) is 6.62. The molecule has 2 heterocycles. The molecule has 3 rings (SSSR count). The minimum atomic E-state index is -4.51. The van der Waals surface area contributed by atoms with Gasteiger partial charge in [0.1, 0.15) is 11.3 Å². The molecule has 1 unspecified atom stereocenters. The zero-order chi connectivity index (χ0) is 20.5. The van der Waals surface area contributed by atoms with Crippen LogP contribution in [0.3, 0.4) is 0 Å². The minimum Gasteiger partial charge on any atom is -0.387 e. The monoisotopic (exact) mass is 411 g/mol. The summed E-state index contributed by atoms with van der Waals surface area (Å²) < 4.78 is 40.0. The van der Waals surface area contributed by atoms with Gasteiger partial charge < -0.3 is 10.4 Å². The van der Waals surface area contributed by atoms with E-state index < -0.39 is 23.8 Å². The fourth-order valence-corrected chi connectivity index (χ4v) is 3.03. The van der Waals surface area contributed by atoms with Gasteiger partial charge in [0.2, 0.25) is 0 Å². The highest BCUT2D eigenvalue weighted by Crippen LogP contribution is 2.30. The Morgan fingerprint density at radius 2 is 2.07 bits per heavy atom. The van der Waals surface area contributed by atoms with Gasteiger partial charge in [-0.2, -0.15) is 13.2 Å². The number of rotatable bonds is 5. The fraction of sp³-hybridized carbons (Fsp3) is 0.263. The Kier molecular flexibility index (Phi) is 5.62. The van der Waals surface area contributed by atoms with Crippen molar-refractivity contribution >= 4 is 23.2 Å². The van der Waals surface area contributed by atoms with Crippen molar-refractivity contribution in [1.82, 2.24) is 14.7 Å². The number of aryl methyl sites for hydroxylation is 1. The summed E-state index contributed by atoms with van der Waals surface area (Å²) in [6.45, 7) is 1.59. The average molecular weight is 412 g/mol. The molecule has 0 aliphatic heterocycles. The maximum atomic E-state index is 12.8. The van der Waals surface area contributed by atoms with Crippen molar-refractivity contribution in [3.63, 3.8) is 0 Å². The van der Waals surface area contributed by atoms with Crippen molar-refractivity contribution in [2.75, 3.05) is 6.54 Å². The summed E-state index contributed by atoms with van der Waals surface area (Å²) in [6.07, 6.45) is -3.75. The summed E-state index contributed by atoms with van der Waals surface area (Å²) in [7, 11) is 0. The molecule has 0 aliphatic rings. The van der Waals surface area contributed by atoms with Crippen LogP contribution in [0, 0.1) is 0 Å². The Morgan fingerprint density at radius 3 is 2.75 bits per heavy atom. The fourth-order valence-electron chi connectivity index (χ4n) is 2.87. The van der Waals surface area contributed by atoms with Gasteiger partial charge in [0.15, 0.2) is 0 Å². The van der Waals surface area contributed by atoms with Crippen LogP contribution in [0.2, 0.25) is 5.02 Å². The lowest BCUT2D eigenvalue weighted by molar-refractivity contribution is -0.137. The molecule has 0 radical (unpaired) electrons. The summed E-state index contributed by atoms with van der Waals surface area (Å²) in [5.74, 6) is -0.502. The number of fused-ring (bicyclic) bond motifs is 1. The van der Waals surface area contributed by atoms with Gasteiger partial charge in [-0.3, -0.25) is 9.20 Å². The number of carbonyl (C=O) groups excluding carboxylic acids is 1. The van der Waals surface area contributed by atoms with Crippen molar-refractivity contribution in [3.05, 3.63) is 70.1 Å². The van der Waals surface area contributed by atoms with E-state index in [1.807, 2.05) is 6.92 Å². The molecule has 28 heavy (non-hydrogen) atoms. The minimum absolute atomic E-state index is 0.0621. The van der Waals surface area contributed by atoms with E-state index in [0.717, 1.165) is 12.1 Å². The Hall–Kier alpha value is -2.58. The molecule has 5 nitrogen and oxygen atoms in total. The predicted molar refractivity (Wildman–Crippen MR) is 98.3 cm³/mol. The molecule has 9 heteroatoms. The van der Waals surface area contributed by atoms with Gasteiger partial charge in [-0.1, -0.05) is 30.7 Å². The van der Waals surface area contributed by atoms with Crippen LogP contribution >= 0.6 is 11.6 Å². The molecule has 0 saturated carbocycles. The Balaban J connectivity index is 1.79. The lowest BCUT2D eigenvalue weighted by Crippen LogP contribution is -2.30. The highest BCUT2D eigenvalue weighted by Gasteiger charge is 2.31. The summed E-state index contributed by atoms with van der Waals surface area (Å²) >= 11 is 5.99. The Morgan fingerprint density at radius 1 is 1.32 bits per heavy atom. The van der Waals surface area contributed by atoms with Crippen LogP contribution in [-0.4, -0.2) is 26.9 Å². The molecule has 0 spiro atoms. The van der Waals surface area contributed by atoms with E-state index in [9.17, 15) is 23.1 Å². The van der Waals surface area contributed by atoms with Crippen LogP contribution in [0.4, 0.5) is 13.2 Å². The number of aliphatic hydroxyl groups excluding tert-OH is 1. The van der Waals surface area contributed by atoms with Gasteiger partial charge in [0.25, 0.3) is 5.91 Å². The van der Waals surface area contributed by atoms with Crippen molar-refractivity contribution in [2.24, 2.45) is 0 Å². The number of nitrogens with one attached hydrogen (secondary N) is 1. The predicted octanol–water partition coefficient (Wildman–Crippen LogP) is 4.03. The van der Waals surface area contributed by atoms with Crippen LogP contribution < -0.4 is 5.32 Å². The zero-order valence-corrected chi connectivity index (χ0v) is 15.6. The van der Waals surface area contributed by atoms with E-state index in [0.29, 0.717) is 22.8 Å². The highest BCUT2D eigenvalue weighted by atomic mass is 35.5. The summed E-state index contributed by atoms with van der Waals surface area (Å²) in [5.41, 5.74) is 0.571. The number of imidazole rings is 1. The largest absolute Gasteiger partial charge is 0.416 e. The average Bonchev–Trinajstić information content (AvgIpc) is 3.03. The molecule has 0 bridgehead atoms. The third-order valence-electron chi connectivity index (χ3n) is 4.26. The van der Waals surface area contributed by atoms with Crippen LogP contribution in [0.25, 0.3) is 5.65 Å². The molecule has 1 amide bonds. The number of alkyl halides is 3. The second-order valence-electron chi connectivity index (χ2n) is 6.19. The zero-order valence-electron chi connectivity index (χ0n) is 14.8. The molecule has 0 fully saturated rings. The molecule has 0 aliphatic carbocycles. The lowest BCUT2D eigenvalue weighted by atomic mass is 10.1. The number of benzene rings is 1. The van der Waals surface area contributed by atoms with Crippen molar-refractivity contribution < 1.29 is 23.1 Å². The van der Waals surface area contributed by atoms with Gasteiger partial charge in [-0.15, -0.1) is 0 Å². The molecule has 2 aromatic heterocycles. The first kappa shape index (κ1) is 20.2. The number of amides is 1. The summed E-state index contributed by atoms with van der Waals surface area (Å²) in [5, 5.41) is 13.2. The van der Waals surface area contributed by atoms with E-state index in [4.69, 9.17) is 11.6 Å². The number of nitrogens with zero attached hydrogens (tertiary/aromatic N) is 2. The maximum Gasteiger partial charge on any atom is 0.416 e. The maximum absolute atomic E-state index is 12.8. The van der Waals surface area contributed by atoms with Gasteiger partial charge in [0.05, 0.1) is 22.4 Å². The number of carbonyl (C=O) groups is 1. The molecular formula is C19H17ClF3N3O2. The Bertz CT molecular complexity index is 1020. The third kappa shape index (κ3) is 4.13. The van der Waals surface area contributed by atoms with Gasteiger partial charge in [-0.25, -0.2) is 4.98 Å². The number of halogens is 4. The van der Waals surface area contributed by atoms with Crippen LogP contribution in [0.1, 0.15) is 40.3 Å². The molecule has 0 saturated heterocycles. The second kappa shape index (κ2) is 7.81. The van der Waals surface area contributed by atoms with E-state index >= 15 is 0 Å². The standard InChI is InChI=1S/C19H17ClF3N3O2/c1-2-14-17(26-10-13(20)6-7-16(26)25-14)18(28)24-9-15(27)11-4-3-5-12(8-11)19(21,22)23/h3-8,10,15,27H,2,9H2,1H3,(H,24,28). The van der Waals surface area contributed by atoms with E-state index in [2.05, 4.69) is 10.3 Å². The molecular weight excluding hydrogens is 395 g/mol. The van der Waals surface area contributed by atoms with Gasteiger partial charge in [-0.05, 0) is 36.2 Å². The number of aromatic nitrogens is 2. The van der Waals surface area contributed by atoms with Crippen molar-refractivity contribution in [1.29, 1.82) is 0 Å². The normalized spacial score (nSPS) is 12.9. The molecule has 1 atom stereocenters. The summed E-state index contributed by atoms with van der Waals surface area (Å²) in [4.78, 5) is 17.0. The first-order valence-corrected chi connectivity index (χ1v) is 8.88. The van der Waals surface area contributed by atoms with Crippen LogP contribution in [-0.2, 0) is 12.6 Å². The molecule has 148 valence electrons. The SMILES string of the molecule is CCc1nc2ccc(Cl)cn2c1C(=O)NCC(O)c1cccc(C(F)(F)F)c1. The van der Waals surface area contributed by atoms with E-state index in [1.54, 1.807) is 22.7 Å². The first-order valence-electron chi connectivity index (χ1n) is 8.50. The number of hydrogen-bond acceptors (Lipinski definition) is 3. The molecule has 3 aromatic rings. The molecule has 1 aromatic carbocycles. The summed E-state index contributed by atoms with van der Waals surface area (Å²) in [6, 6.07) is 7.70. The van der Waals surface area contributed by atoms with E-state index in [1.165, 1.54) is 12.1 Å². The van der Waals surface area contributed by atoms with Crippen LogP contribution in [0.15, 0.2) is 42.6 Å². The van der Waals surface area contributed by atoms with Crippen molar-refractivity contribution in [2.45, 2.75) is 25.6 Å². The Labute approximate surface area is 163 Å². The smallest absolute Gasteiger partial charge is 0.387 e. The topological polar surface area (TPSA) is 66.6 Å². The van der Waals surface area contributed by atoms with Gasteiger partial charge in [0, 0.05) is 12.7 Å². The first-order chi connectivity index (χ1) is 13.2. The quantitative estimate of drug-likeness (QED) is 0.666. The highest BCUT2D eigenvalue weighted by molar-refractivity contribution is 6.30. The van der Waals surface area contributed by atoms with E-state index in [-0.39, 0.29) is 17.8 Å². The van der Waals surface area contributed by atoms with Gasteiger partial charge >= 0.3 is 6.18 Å². The molecule has 2 N–H and O–H groups in total. The third-order valence-corrected chi connectivity index (χ3v) is 4.48. The lowest BCUT2D eigenvalue weighted by Gasteiger charge is -2.15. The number of aliphatic hydroxyl groups is 1. The number of pyridine rings is 1. The number of hydrogen-bond donors (Lipinski definition) is 2. The van der Waals surface area contributed by atoms with Crippen LogP contribution in [0.5, 0.6) is 0 Å².